The lowest BCUT2D eigenvalue weighted by Crippen LogP contribution is -2.35. The number of aryl methyl sites for hydroxylation is 1. The first-order valence-corrected chi connectivity index (χ1v) is 4.93. The molecule has 0 saturated heterocycles. The molecule has 0 spiro atoms. The number of aliphatic carboxylic acids is 1. The third kappa shape index (κ3) is 3.16. The molecule has 1 rings (SSSR count). The number of rotatable bonds is 5. The first-order valence-electron chi connectivity index (χ1n) is 4.93. The van der Waals surface area contributed by atoms with E-state index in [1.165, 1.54) is 6.07 Å². The van der Waals surface area contributed by atoms with Crippen LogP contribution in [0.4, 0.5) is 0 Å². The Bertz CT molecular complexity index is 427. The molecule has 6 nitrogen and oxygen atoms in total. The maximum atomic E-state index is 11.4. The number of carbonyl (C=O) groups is 1. The Morgan fingerprint density at radius 3 is 2.88 bits per heavy atom. The van der Waals surface area contributed by atoms with Crippen molar-refractivity contribution in [3.05, 3.63) is 28.2 Å². The Morgan fingerprint density at radius 1 is 1.62 bits per heavy atom. The fourth-order valence-electron chi connectivity index (χ4n) is 1.24. The van der Waals surface area contributed by atoms with Crippen LogP contribution in [0.5, 0.6) is 0 Å². The second kappa shape index (κ2) is 5.41. The molecular formula is C10H14N2O4. The highest BCUT2D eigenvalue weighted by atomic mass is 16.5. The molecule has 1 heterocycles. The minimum Gasteiger partial charge on any atom is -0.479 e. The van der Waals surface area contributed by atoms with Gasteiger partial charge in [-0.2, -0.15) is 5.10 Å². The molecule has 6 heteroatoms. The summed E-state index contributed by atoms with van der Waals surface area (Å²) in [4.78, 5) is 22.2. The van der Waals surface area contributed by atoms with Crippen LogP contribution >= 0.6 is 0 Å². The molecule has 0 aliphatic carbocycles. The van der Waals surface area contributed by atoms with E-state index >= 15 is 0 Å². The summed E-state index contributed by atoms with van der Waals surface area (Å²) in [5.74, 6) is -1.10. The molecule has 1 atom stereocenters. The summed E-state index contributed by atoms with van der Waals surface area (Å²) in [7, 11) is 0. The number of carboxylic acids is 1. The van der Waals surface area contributed by atoms with Crippen LogP contribution in [0.3, 0.4) is 0 Å². The van der Waals surface area contributed by atoms with E-state index in [1.807, 2.05) is 0 Å². The molecule has 1 N–H and O–H groups in total. The van der Waals surface area contributed by atoms with Gasteiger partial charge < -0.3 is 9.84 Å². The zero-order valence-electron chi connectivity index (χ0n) is 9.21. The van der Waals surface area contributed by atoms with Crippen molar-refractivity contribution in [2.24, 2.45) is 0 Å². The summed E-state index contributed by atoms with van der Waals surface area (Å²) in [6, 6.07) is 2.93. The number of nitrogens with zero attached hydrogens (tertiary/aromatic N) is 2. The maximum Gasteiger partial charge on any atom is 0.334 e. The van der Waals surface area contributed by atoms with Gasteiger partial charge in [-0.3, -0.25) is 4.79 Å². The summed E-state index contributed by atoms with van der Waals surface area (Å²) in [5.41, 5.74) is 0.316. The molecule has 16 heavy (non-hydrogen) atoms. The van der Waals surface area contributed by atoms with Gasteiger partial charge in [-0.05, 0) is 19.9 Å². The van der Waals surface area contributed by atoms with E-state index in [0.717, 1.165) is 4.68 Å². The highest BCUT2D eigenvalue weighted by molar-refractivity contribution is 5.72. The summed E-state index contributed by atoms with van der Waals surface area (Å²) in [6.07, 6.45) is -1.04. The molecule has 0 aliphatic heterocycles. The molecule has 1 unspecified atom stereocenters. The zero-order valence-corrected chi connectivity index (χ0v) is 9.21. The molecule has 1 aromatic rings. The lowest BCUT2D eigenvalue weighted by molar-refractivity contribution is -0.151. The van der Waals surface area contributed by atoms with Gasteiger partial charge in [-0.25, -0.2) is 9.48 Å². The Kier molecular flexibility index (Phi) is 4.19. The monoisotopic (exact) mass is 226 g/mol. The van der Waals surface area contributed by atoms with Crippen molar-refractivity contribution in [1.82, 2.24) is 9.78 Å². The van der Waals surface area contributed by atoms with Crippen molar-refractivity contribution in [3.63, 3.8) is 0 Å². The van der Waals surface area contributed by atoms with Crippen LogP contribution < -0.4 is 5.56 Å². The van der Waals surface area contributed by atoms with Crippen LogP contribution in [-0.2, 0) is 16.1 Å². The van der Waals surface area contributed by atoms with Crippen LogP contribution in [0, 0.1) is 6.92 Å². The predicted octanol–water partition coefficient (Wildman–Crippen LogP) is 0.0414. The Labute approximate surface area is 92.5 Å². The summed E-state index contributed by atoms with van der Waals surface area (Å²) in [6.45, 7) is 3.62. The molecule has 0 bridgehead atoms. The van der Waals surface area contributed by atoms with Gasteiger partial charge in [0.1, 0.15) is 0 Å². The Morgan fingerprint density at radius 2 is 2.31 bits per heavy atom. The minimum atomic E-state index is -1.10. The first-order chi connectivity index (χ1) is 7.54. The van der Waals surface area contributed by atoms with E-state index in [4.69, 9.17) is 9.84 Å². The van der Waals surface area contributed by atoms with Gasteiger partial charge in [0.2, 0.25) is 0 Å². The Hall–Kier alpha value is -1.69. The highest BCUT2D eigenvalue weighted by Crippen LogP contribution is 1.96. The van der Waals surface area contributed by atoms with E-state index in [-0.39, 0.29) is 18.7 Å². The lowest BCUT2D eigenvalue weighted by Gasteiger charge is -2.13. The van der Waals surface area contributed by atoms with Crippen molar-refractivity contribution >= 4 is 5.97 Å². The third-order valence-electron chi connectivity index (χ3n) is 1.98. The minimum absolute atomic E-state index is 0.0797. The van der Waals surface area contributed by atoms with Crippen molar-refractivity contribution in [2.45, 2.75) is 26.5 Å². The van der Waals surface area contributed by atoms with Crippen LogP contribution in [-0.4, -0.2) is 33.6 Å². The number of carboxylic acid groups (broad SMARTS) is 1. The Balaban J connectivity index is 2.88. The number of ether oxygens (including phenoxy) is 1. The molecule has 0 radical (unpaired) electrons. The van der Waals surface area contributed by atoms with Crippen molar-refractivity contribution in [3.8, 4) is 0 Å². The van der Waals surface area contributed by atoms with Gasteiger partial charge >= 0.3 is 5.97 Å². The first kappa shape index (κ1) is 12.4. The molecule has 0 aliphatic rings. The average Bonchev–Trinajstić information content (AvgIpc) is 2.22. The maximum absolute atomic E-state index is 11.4. The average molecular weight is 226 g/mol. The van der Waals surface area contributed by atoms with E-state index in [9.17, 15) is 9.59 Å². The SMILES string of the molecule is CCOC(Cn1nc(C)ccc1=O)C(=O)O. The van der Waals surface area contributed by atoms with Gasteiger partial charge in [0.15, 0.2) is 6.10 Å². The number of aromatic nitrogens is 2. The van der Waals surface area contributed by atoms with Crippen LogP contribution in [0.1, 0.15) is 12.6 Å². The van der Waals surface area contributed by atoms with Crippen molar-refractivity contribution in [1.29, 1.82) is 0 Å². The fraction of sp³-hybridized carbons (Fsp3) is 0.500. The molecule has 88 valence electrons. The molecule has 0 aromatic carbocycles. The number of hydrogen-bond donors (Lipinski definition) is 1. The van der Waals surface area contributed by atoms with E-state index < -0.39 is 12.1 Å². The van der Waals surface area contributed by atoms with Gasteiger partial charge in [0, 0.05) is 12.7 Å². The van der Waals surface area contributed by atoms with Crippen molar-refractivity contribution < 1.29 is 14.6 Å². The molecular weight excluding hydrogens is 212 g/mol. The zero-order chi connectivity index (χ0) is 12.1. The standard InChI is InChI=1S/C10H14N2O4/c1-3-16-8(10(14)15)6-12-9(13)5-4-7(2)11-12/h4-5,8H,3,6H2,1-2H3,(H,14,15). The highest BCUT2D eigenvalue weighted by Gasteiger charge is 2.19. The fourth-order valence-corrected chi connectivity index (χ4v) is 1.24. The second-order valence-electron chi connectivity index (χ2n) is 3.28. The predicted molar refractivity (Wildman–Crippen MR) is 56.3 cm³/mol. The molecule has 0 fully saturated rings. The second-order valence-corrected chi connectivity index (χ2v) is 3.28. The summed E-state index contributed by atoms with van der Waals surface area (Å²) < 4.78 is 6.10. The quantitative estimate of drug-likeness (QED) is 0.766. The van der Waals surface area contributed by atoms with E-state index in [2.05, 4.69) is 5.10 Å². The van der Waals surface area contributed by atoms with Crippen LogP contribution in [0.25, 0.3) is 0 Å². The molecule has 0 saturated carbocycles. The lowest BCUT2D eigenvalue weighted by atomic mass is 10.3. The van der Waals surface area contributed by atoms with Gasteiger partial charge in [-0.1, -0.05) is 0 Å². The van der Waals surface area contributed by atoms with E-state index in [1.54, 1.807) is 19.9 Å². The third-order valence-corrected chi connectivity index (χ3v) is 1.98. The van der Waals surface area contributed by atoms with E-state index in [0.29, 0.717) is 5.69 Å². The van der Waals surface area contributed by atoms with Crippen LogP contribution in [0.2, 0.25) is 0 Å². The molecule has 1 aromatic heterocycles. The topological polar surface area (TPSA) is 81.4 Å². The van der Waals surface area contributed by atoms with Crippen LogP contribution in [0.15, 0.2) is 16.9 Å². The van der Waals surface area contributed by atoms with Gasteiger partial charge in [0.05, 0.1) is 12.2 Å². The largest absolute Gasteiger partial charge is 0.479 e. The smallest absolute Gasteiger partial charge is 0.334 e. The molecule has 0 amide bonds. The number of hydrogen-bond acceptors (Lipinski definition) is 4. The van der Waals surface area contributed by atoms with Gasteiger partial charge in [0.25, 0.3) is 5.56 Å². The van der Waals surface area contributed by atoms with Gasteiger partial charge in [-0.15, -0.1) is 0 Å². The summed E-state index contributed by atoms with van der Waals surface area (Å²) >= 11 is 0. The summed E-state index contributed by atoms with van der Waals surface area (Å²) in [5, 5.41) is 12.8. The normalized spacial score (nSPS) is 12.4. The van der Waals surface area contributed by atoms with Crippen molar-refractivity contribution in [2.75, 3.05) is 6.61 Å².